The summed E-state index contributed by atoms with van der Waals surface area (Å²) in [5.41, 5.74) is 2.18. The minimum atomic E-state index is -3.41. The molecule has 172 valence electrons. The molecule has 4 rings (SSSR count). The van der Waals surface area contributed by atoms with Gasteiger partial charge in [-0.1, -0.05) is 13.0 Å². The Morgan fingerprint density at radius 3 is 2.78 bits per heavy atom. The lowest BCUT2D eigenvalue weighted by Crippen LogP contribution is -2.42. The third-order valence-corrected chi connectivity index (χ3v) is 9.65. The summed E-state index contributed by atoms with van der Waals surface area (Å²) in [5.74, 6) is 0.872. The molecule has 1 aliphatic heterocycles. The molecule has 1 aliphatic rings. The molecule has 32 heavy (non-hydrogen) atoms. The predicted molar refractivity (Wildman–Crippen MR) is 127 cm³/mol. The van der Waals surface area contributed by atoms with Crippen molar-refractivity contribution in [3.8, 4) is 5.75 Å². The van der Waals surface area contributed by atoms with Crippen molar-refractivity contribution in [2.75, 3.05) is 26.7 Å². The van der Waals surface area contributed by atoms with E-state index in [1.807, 2.05) is 31.3 Å². The van der Waals surface area contributed by atoms with Crippen LogP contribution in [0, 0.1) is 11.8 Å². The van der Waals surface area contributed by atoms with Gasteiger partial charge in [0.15, 0.2) is 0 Å². The van der Waals surface area contributed by atoms with Gasteiger partial charge in [0, 0.05) is 42.7 Å². The Balaban J connectivity index is 1.28. The highest BCUT2D eigenvalue weighted by atomic mass is 32.2. The molecule has 0 unspecified atom stereocenters. The molecule has 2 aromatic heterocycles. The number of hydrogen-bond acceptors (Lipinski definition) is 5. The van der Waals surface area contributed by atoms with Gasteiger partial charge in [0.1, 0.15) is 9.96 Å². The van der Waals surface area contributed by atoms with Crippen LogP contribution in [0.4, 0.5) is 0 Å². The maximum Gasteiger partial charge on any atom is 0.252 e. The number of methoxy groups -OCH3 is 1. The number of piperidine rings is 1. The van der Waals surface area contributed by atoms with Crippen LogP contribution in [0.1, 0.15) is 25.3 Å². The van der Waals surface area contributed by atoms with E-state index in [-0.39, 0.29) is 17.7 Å². The van der Waals surface area contributed by atoms with E-state index in [2.05, 4.69) is 10.3 Å². The second kappa shape index (κ2) is 9.64. The number of thiophene rings is 1. The highest BCUT2D eigenvalue weighted by Crippen LogP contribution is 2.30. The lowest BCUT2D eigenvalue weighted by atomic mass is 9.85. The molecule has 9 heteroatoms. The average Bonchev–Trinajstić information content (AvgIpc) is 3.49. The number of hydrogen-bond donors (Lipinski definition) is 2. The summed E-state index contributed by atoms with van der Waals surface area (Å²) in [6, 6.07) is 9.31. The number of aromatic amines is 1. The highest BCUT2D eigenvalue weighted by Gasteiger charge is 2.33. The first-order valence-corrected chi connectivity index (χ1v) is 13.2. The Morgan fingerprint density at radius 2 is 2.09 bits per heavy atom. The topological polar surface area (TPSA) is 91.5 Å². The number of H-pyrrole nitrogens is 1. The fourth-order valence-corrected chi connectivity index (χ4v) is 6.95. The molecule has 1 amide bonds. The van der Waals surface area contributed by atoms with Crippen LogP contribution in [0.15, 0.2) is 46.1 Å². The van der Waals surface area contributed by atoms with Crippen LogP contribution >= 0.6 is 11.3 Å². The second-order valence-corrected chi connectivity index (χ2v) is 11.3. The maximum absolute atomic E-state index is 12.7. The normalized spacial score (nSPS) is 16.8. The van der Waals surface area contributed by atoms with E-state index >= 15 is 0 Å². The molecule has 0 bridgehead atoms. The predicted octanol–water partition coefficient (Wildman–Crippen LogP) is 3.63. The summed E-state index contributed by atoms with van der Waals surface area (Å²) < 4.78 is 32.6. The summed E-state index contributed by atoms with van der Waals surface area (Å²) in [6.07, 6.45) is 4.09. The number of amides is 1. The molecule has 7 nitrogen and oxygen atoms in total. The maximum atomic E-state index is 12.7. The number of rotatable bonds is 8. The van der Waals surface area contributed by atoms with E-state index in [1.165, 1.54) is 11.3 Å². The van der Waals surface area contributed by atoms with Gasteiger partial charge >= 0.3 is 0 Å². The van der Waals surface area contributed by atoms with Crippen LogP contribution < -0.4 is 10.1 Å². The van der Waals surface area contributed by atoms with E-state index in [0.29, 0.717) is 36.7 Å². The van der Waals surface area contributed by atoms with Gasteiger partial charge in [-0.15, -0.1) is 11.3 Å². The molecule has 3 heterocycles. The summed E-state index contributed by atoms with van der Waals surface area (Å²) in [7, 11) is -1.76. The van der Waals surface area contributed by atoms with Crippen LogP contribution in [0.25, 0.3) is 10.9 Å². The van der Waals surface area contributed by atoms with Crippen molar-refractivity contribution in [1.82, 2.24) is 14.6 Å². The first kappa shape index (κ1) is 22.8. The van der Waals surface area contributed by atoms with Gasteiger partial charge in [0.05, 0.1) is 7.11 Å². The number of fused-ring (bicyclic) bond motifs is 1. The van der Waals surface area contributed by atoms with Gasteiger partial charge in [-0.2, -0.15) is 4.31 Å². The third-order valence-electron chi connectivity index (χ3n) is 6.38. The van der Waals surface area contributed by atoms with Crippen LogP contribution in [-0.4, -0.2) is 50.4 Å². The van der Waals surface area contributed by atoms with Crippen LogP contribution in [0.5, 0.6) is 5.75 Å². The van der Waals surface area contributed by atoms with Gasteiger partial charge in [-0.25, -0.2) is 8.42 Å². The van der Waals surface area contributed by atoms with E-state index < -0.39 is 10.0 Å². The van der Waals surface area contributed by atoms with E-state index in [9.17, 15) is 13.2 Å². The first-order valence-electron chi connectivity index (χ1n) is 10.9. The zero-order valence-corrected chi connectivity index (χ0v) is 20.0. The number of carbonyl (C=O) groups excluding carboxylic acids is 1. The Morgan fingerprint density at radius 1 is 1.31 bits per heavy atom. The average molecular weight is 476 g/mol. The summed E-state index contributed by atoms with van der Waals surface area (Å²) in [6.45, 7) is 3.41. The Hall–Kier alpha value is -2.36. The van der Waals surface area contributed by atoms with Gasteiger partial charge in [-0.05, 0) is 60.4 Å². The zero-order chi connectivity index (χ0) is 22.7. The molecular weight excluding hydrogens is 446 g/mol. The minimum Gasteiger partial charge on any atom is -0.497 e. The molecule has 0 saturated carbocycles. The number of nitrogens with one attached hydrogen (secondary N) is 2. The SMILES string of the molecule is COc1ccc2[nH]cc(CCNC(=O)[C@H](C)C3CCN(S(=O)(=O)c4cccs4)CC3)c2c1. The number of benzene rings is 1. The number of aromatic nitrogens is 1. The highest BCUT2D eigenvalue weighted by molar-refractivity contribution is 7.91. The molecule has 0 spiro atoms. The van der Waals surface area contributed by atoms with Crippen molar-refractivity contribution < 1.29 is 17.9 Å². The standard InChI is InChI=1S/C23H29N3O4S2/c1-16(17-8-11-26(12-9-17)32(28,29)22-4-3-13-31-22)23(27)24-10-7-18-15-25-21-6-5-19(30-2)14-20(18)21/h3-6,13-17,25H,7-12H2,1-2H3,(H,24,27)/t16-/m1/s1. The van der Waals surface area contributed by atoms with Crippen LogP contribution in [0.2, 0.25) is 0 Å². The fraction of sp³-hybridized carbons (Fsp3) is 0.435. The van der Waals surface area contributed by atoms with Gasteiger partial charge in [0.25, 0.3) is 10.0 Å². The molecule has 1 aromatic carbocycles. The van der Waals surface area contributed by atoms with E-state index in [1.54, 1.807) is 28.9 Å². The van der Waals surface area contributed by atoms with Crippen molar-refractivity contribution in [3.63, 3.8) is 0 Å². The molecule has 1 fully saturated rings. The summed E-state index contributed by atoms with van der Waals surface area (Å²) in [5, 5.41) is 5.94. The number of nitrogens with zero attached hydrogens (tertiary/aromatic N) is 1. The van der Waals surface area contributed by atoms with Gasteiger partial charge in [-0.3, -0.25) is 4.79 Å². The molecule has 0 aliphatic carbocycles. The lowest BCUT2D eigenvalue weighted by Gasteiger charge is -2.33. The molecule has 3 aromatic rings. The van der Waals surface area contributed by atoms with E-state index in [4.69, 9.17) is 4.74 Å². The quantitative estimate of drug-likeness (QED) is 0.520. The minimum absolute atomic E-state index is 0.0296. The van der Waals surface area contributed by atoms with E-state index in [0.717, 1.165) is 28.6 Å². The fourth-order valence-electron chi connectivity index (χ4n) is 4.34. The summed E-state index contributed by atoms with van der Waals surface area (Å²) >= 11 is 1.24. The summed E-state index contributed by atoms with van der Waals surface area (Å²) in [4.78, 5) is 16.0. The Bertz CT molecular complexity index is 1160. The lowest BCUT2D eigenvalue weighted by molar-refractivity contribution is -0.126. The second-order valence-electron chi connectivity index (χ2n) is 8.23. The van der Waals surface area contributed by atoms with Crippen LogP contribution in [0.3, 0.4) is 0 Å². The van der Waals surface area contributed by atoms with Crippen molar-refractivity contribution in [1.29, 1.82) is 0 Å². The smallest absolute Gasteiger partial charge is 0.252 e. The number of sulfonamides is 1. The molecule has 1 atom stereocenters. The number of carbonyl (C=O) groups is 1. The van der Waals surface area contributed by atoms with Crippen LogP contribution in [-0.2, 0) is 21.2 Å². The Kier molecular flexibility index (Phi) is 6.88. The van der Waals surface area contributed by atoms with Gasteiger partial charge < -0.3 is 15.0 Å². The van der Waals surface area contributed by atoms with Crippen molar-refractivity contribution in [2.45, 2.75) is 30.4 Å². The Labute approximate surface area is 192 Å². The molecule has 1 saturated heterocycles. The zero-order valence-electron chi connectivity index (χ0n) is 18.3. The largest absolute Gasteiger partial charge is 0.497 e. The monoisotopic (exact) mass is 475 g/mol. The molecular formula is C23H29N3O4S2. The molecule has 2 N–H and O–H groups in total. The van der Waals surface area contributed by atoms with Crippen molar-refractivity contribution in [3.05, 3.63) is 47.5 Å². The third kappa shape index (κ3) is 4.69. The van der Waals surface area contributed by atoms with Crippen molar-refractivity contribution in [2.24, 2.45) is 11.8 Å². The molecule has 0 radical (unpaired) electrons. The van der Waals surface area contributed by atoms with Gasteiger partial charge in [0.2, 0.25) is 5.91 Å². The van der Waals surface area contributed by atoms with Crippen molar-refractivity contribution >= 4 is 38.2 Å². The number of ether oxygens (including phenoxy) is 1. The first-order chi connectivity index (χ1) is 15.4.